The fourth-order valence-corrected chi connectivity index (χ4v) is 5.17. The molecule has 0 unspecified atom stereocenters. The van der Waals surface area contributed by atoms with Gasteiger partial charge in [-0.25, -0.2) is 0 Å². The van der Waals surface area contributed by atoms with Crippen LogP contribution in [0.4, 0.5) is 5.69 Å². The summed E-state index contributed by atoms with van der Waals surface area (Å²) in [6.45, 7) is 3.99. The third-order valence-corrected chi connectivity index (χ3v) is 6.95. The zero-order valence-electron chi connectivity index (χ0n) is 16.6. The Kier molecular flexibility index (Phi) is 6.52. The highest BCUT2D eigenvalue weighted by molar-refractivity contribution is 8.01. The summed E-state index contributed by atoms with van der Waals surface area (Å²) in [5, 5.41) is 5.54. The van der Waals surface area contributed by atoms with E-state index in [1.54, 1.807) is 4.90 Å². The molecule has 3 N–H and O–H groups in total. The molecule has 1 saturated heterocycles. The van der Waals surface area contributed by atoms with Crippen LogP contribution in [0.2, 0.25) is 0 Å². The minimum absolute atomic E-state index is 0.0860. The van der Waals surface area contributed by atoms with Gasteiger partial charge in [-0.15, -0.1) is 11.8 Å². The van der Waals surface area contributed by atoms with E-state index in [-0.39, 0.29) is 18.2 Å². The summed E-state index contributed by atoms with van der Waals surface area (Å²) in [4.78, 5) is 27.5. The number of thioether (sulfide) groups is 1. The molecule has 4 rings (SSSR count). The molecule has 1 fully saturated rings. The highest BCUT2D eigenvalue weighted by Crippen LogP contribution is 2.36. The SMILES string of the molecule is O=C(C[C@H]1Sc2ccccc2NC1=O)NCc1ccccc1C[NH+]1CCCCC1. The number of hydrogen-bond acceptors (Lipinski definition) is 3. The number of hydrogen-bond donors (Lipinski definition) is 3. The summed E-state index contributed by atoms with van der Waals surface area (Å²) < 4.78 is 0. The Morgan fingerprint density at radius 1 is 1.03 bits per heavy atom. The maximum absolute atomic E-state index is 12.5. The largest absolute Gasteiger partial charge is 0.352 e. The van der Waals surface area contributed by atoms with Crippen molar-refractivity contribution in [3.05, 3.63) is 59.7 Å². The molecule has 1 atom stereocenters. The normalized spacial score (nSPS) is 19.3. The van der Waals surface area contributed by atoms with Crippen LogP contribution in [0.3, 0.4) is 0 Å². The van der Waals surface area contributed by atoms with Crippen molar-refractivity contribution < 1.29 is 14.5 Å². The van der Waals surface area contributed by atoms with Crippen LogP contribution in [0.25, 0.3) is 0 Å². The predicted octanol–water partition coefficient (Wildman–Crippen LogP) is 2.37. The van der Waals surface area contributed by atoms with E-state index in [4.69, 9.17) is 0 Å². The van der Waals surface area contributed by atoms with Gasteiger partial charge in [0, 0.05) is 23.4 Å². The van der Waals surface area contributed by atoms with E-state index in [1.165, 1.54) is 55.2 Å². The molecule has 0 aliphatic carbocycles. The number of fused-ring (bicyclic) bond motifs is 1. The van der Waals surface area contributed by atoms with Gasteiger partial charge in [-0.05, 0) is 37.0 Å². The number of nitrogens with one attached hydrogen (secondary N) is 3. The van der Waals surface area contributed by atoms with Crippen LogP contribution < -0.4 is 15.5 Å². The maximum atomic E-state index is 12.5. The van der Waals surface area contributed by atoms with Crippen molar-refractivity contribution in [2.24, 2.45) is 0 Å². The highest BCUT2D eigenvalue weighted by Gasteiger charge is 2.28. The topological polar surface area (TPSA) is 62.6 Å². The monoisotopic (exact) mass is 410 g/mol. The first-order chi connectivity index (χ1) is 14.2. The molecule has 0 spiro atoms. The van der Waals surface area contributed by atoms with Crippen LogP contribution >= 0.6 is 11.8 Å². The summed E-state index contributed by atoms with van der Waals surface area (Å²) in [5.41, 5.74) is 3.31. The Hall–Kier alpha value is -2.31. The number of carbonyl (C=O) groups is 2. The van der Waals surface area contributed by atoms with Gasteiger partial charge in [0.15, 0.2) is 0 Å². The van der Waals surface area contributed by atoms with Crippen molar-refractivity contribution >= 4 is 29.3 Å². The number of carbonyl (C=O) groups excluding carboxylic acids is 2. The number of para-hydroxylation sites is 1. The smallest absolute Gasteiger partial charge is 0.238 e. The van der Waals surface area contributed by atoms with E-state index >= 15 is 0 Å². The number of rotatable bonds is 6. The van der Waals surface area contributed by atoms with Crippen LogP contribution in [-0.4, -0.2) is 30.2 Å². The first kappa shape index (κ1) is 20.0. The third kappa shape index (κ3) is 5.19. The Bertz CT molecular complexity index is 880. The molecule has 5 nitrogen and oxygen atoms in total. The molecule has 152 valence electrons. The fraction of sp³-hybridized carbons (Fsp3) is 0.391. The lowest BCUT2D eigenvalue weighted by Crippen LogP contribution is -3.11. The van der Waals surface area contributed by atoms with Crippen molar-refractivity contribution in [1.29, 1.82) is 0 Å². The molecular weight excluding hydrogens is 382 g/mol. The lowest BCUT2D eigenvalue weighted by molar-refractivity contribution is -0.918. The van der Waals surface area contributed by atoms with Crippen LogP contribution in [0.5, 0.6) is 0 Å². The molecule has 2 aliphatic heterocycles. The molecule has 6 heteroatoms. The Morgan fingerprint density at radius 2 is 1.76 bits per heavy atom. The molecular formula is C23H28N3O2S+. The highest BCUT2D eigenvalue weighted by atomic mass is 32.2. The molecule has 2 aliphatic rings. The number of benzene rings is 2. The zero-order valence-corrected chi connectivity index (χ0v) is 17.4. The van der Waals surface area contributed by atoms with E-state index in [9.17, 15) is 9.59 Å². The van der Waals surface area contributed by atoms with E-state index in [2.05, 4.69) is 28.8 Å². The molecule has 2 heterocycles. The lowest BCUT2D eigenvalue weighted by atomic mass is 10.0. The summed E-state index contributed by atoms with van der Waals surface area (Å²) in [6, 6.07) is 16.1. The lowest BCUT2D eigenvalue weighted by Gasteiger charge is -2.25. The van der Waals surface area contributed by atoms with Crippen LogP contribution in [0.1, 0.15) is 36.8 Å². The summed E-state index contributed by atoms with van der Waals surface area (Å²) in [6.07, 6.45) is 4.14. The fourth-order valence-electron chi connectivity index (χ4n) is 4.06. The molecule has 2 aromatic carbocycles. The standard InChI is InChI=1S/C23H27N3O2S/c27-22(14-21-23(28)25-19-10-4-5-11-20(19)29-21)24-15-17-8-2-3-9-18(17)16-26-12-6-1-7-13-26/h2-5,8-11,21H,1,6-7,12-16H2,(H,24,27)(H,25,28)/p+1/t21-/m1/s1. The molecule has 29 heavy (non-hydrogen) atoms. The summed E-state index contributed by atoms with van der Waals surface area (Å²) in [7, 11) is 0. The van der Waals surface area contributed by atoms with Gasteiger partial charge in [0.05, 0.1) is 24.0 Å². The molecule has 0 aromatic heterocycles. The number of quaternary nitrogens is 1. The second kappa shape index (κ2) is 9.46. The van der Waals surface area contributed by atoms with E-state index < -0.39 is 5.25 Å². The third-order valence-electron chi connectivity index (χ3n) is 5.67. The molecule has 0 saturated carbocycles. The van der Waals surface area contributed by atoms with Gasteiger partial charge in [0.2, 0.25) is 11.8 Å². The van der Waals surface area contributed by atoms with Gasteiger partial charge in [-0.1, -0.05) is 36.4 Å². The quantitative estimate of drug-likeness (QED) is 0.685. The van der Waals surface area contributed by atoms with E-state index in [0.29, 0.717) is 6.54 Å². The van der Waals surface area contributed by atoms with E-state index in [0.717, 1.165) is 17.1 Å². The number of anilines is 1. The Balaban J connectivity index is 1.32. The van der Waals surface area contributed by atoms with Crippen molar-refractivity contribution in [3.63, 3.8) is 0 Å². The average molecular weight is 411 g/mol. The summed E-state index contributed by atoms with van der Waals surface area (Å²) in [5.74, 6) is -0.185. The minimum atomic E-state index is -0.391. The van der Waals surface area contributed by atoms with Gasteiger partial charge < -0.3 is 15.5 Å². The number of likely N-dealkylation sites (tertiary alicyclic amines) is 1. The second-order valence-corrected chi connectivity index (χ2v) is 9.07. The molecule has 2 aromatic rings. The summed E-state index contributed by atoms with van der Waals surface area (Å²) >= 11 is 1.47. The van der Waals surface area contributed by atoms with Crippen LogP contribution in [-0.2, 0) is 22.7 Å². The Labute approximate surface area is 176 Å². The van der Waals surface area contributed by atoms with Gasteiger partial charge in [-0.2, -0.15) is 0 Å². The zero-order chi connectivity index (χ0) is 20.1. The molecule has 2 amide bonds. The maximum Gasteiger partial charge on any atom is 0.238 e. The predicted molar refractivity (Wildman–Crippen MR) is 116 cm³/mol. The number of piperidine rings is 1. The number of amides is 2. The van der Waals surface area contributed by atoms with E-state index in [1.807, 2.05) is 30.3 Å². The van der Waals surface area contributed by atoms with Gasteiger partial charge in [-0.3, -0.25) is 9.59 Å². The first-order valence-electron chi connectivity index (χ1n) is 10.4. The van der Waals surface area contributed by atoms with Gasteiger partial charge in [0.1, 0.15) is 6.54 Å². The Morgan fingerprint density at radius 3 is 2.59 bits per heavy atom. The average Bonchev–Trinajstić information content (AvgIpc) is 2.74. The first-order valence-corrected chi connectivity index (χ1v) is 11.3. The minimum Gasteiger partial charge on any atom is -0.352 e. The molecule has 0 bridgehead atoms. The second-order valence-electron chi connectivity index (χ2n) is 7.83. The van der Waals surface area contributed by atoms with Crippen LogP contribution in [0, 0.1) is 0 Å². The van der Waals surface area contributed by atoms with Gasteiger partial charge in [0.25, 0.3) is 0 Å². The van der Waals surface area contributed by atoms with Crippen molar-refractivity contribution in [2.75, 3.05) is 18.4 Å². The van der Waals surface area contributed by atoms with Crippen molar-refractivity contribution in [3.8, 4) is 0 Å². The van der Waals surface area contributed by atoms with Crippen molar-refractivity contribution in [2.45, 2.75) is 48.9 Å². The molecule has 0 radical (unpaired) electrons. The van der Waals surface area contributed by atoms with Crippen molar-refractivity contribution in [1.82, 2.24) is 5.32 Å². The van der Waals surface area contributed by atoms with Gasteiger partial charge >= 0.3 is 0 Å². The van der Waals surface area contributed by atoms with Crippen LogP contribution in [0.15, 0.2) is 53.4 Å².